The maximum atomic E-state index is 14.3. The highest BCUT2D eigenvalue weighted by molar-refractivity contribution is 7.98. The molecule has 0 heterocycles. The van der Waals surface area contributed by atoms with E-state index >= 15 is 0 Å². The number of hydrogen-bond donors (Lipinski definition) is 1. The van der Waals surface area contributed by atoms with E-state index in [-0.39, 0.29) is 35.6 Å². The second-order valence-corrected chi connectivity index (χ2v) is 14.0. The molecule has 0 spiro atoms. The van der Waals surface area contributed by atoms with Crippen LogP contribution < -0.4 is 14.4 Å². The lowest BCUT2D eigenvalue weighted by Crippen LogP contribution is -2.52. The molecule has 0 aliphatic carbocycles. The number of anilines is 1. The van der Waals surface area contributed by atoms with Crippen molar-refractivity contribution in [2.75, 3.05) is 30.3 Å². The zero-order valence-electron chi connectivity index (χ0n) is 25.5. The fraction of sp³-hybridized carbons (Fsp3) is 0.375. The number of nitrogens with zero attached hydrogens (tertiary/aromatic N) is 2. The van der Waals surface area contributed by atoms with Crippen LogP contribution in [0.3, 0.4) is 0 Å². The Morgan fingerprint density at radius 1 is 1.00 bits per heavy atom. The van der Waals surface area contributed by atoms with Gasteiger partial charge in [-0.1, -0.05) is 62.2 Å². The molecule has 238 valence electrons. The van der Waals surface area contributed by atoms with Crippen LogP contribution in [-0.4, -0.2) is 57.1 Å². The zero-order chi connectivity index (χ0) is 32.4. The van der Waals surface area contributed by atoms with Gasteiger partial charge >= 0.3 is 0 Å². The van der Waals surface area contributed by atoms with Crippen molar-refractivity contribution in [2.45, 2.75) is 56.5 Å². The predicted octanol–water partition coefficient (Wildman–Crippen LogP) is 6.89. The quantitative estimate of drug-likeness (QED) is 0.176. The first-order chi connectivity index (χ1) is 20.9. The molecule has 0 saturated heterocycles. The van der Waals surface area contributed by atoms with Gasteiger partial charge in [-0.2, -0.15) is 0 Å². The Balaban J connectivity index is 2.12. The van der Waals surface area contributed by atoms with Crippen molar-refractivity contribution in [3.05, 3.63) is 82.3 Å². The molecule has 0 radical (unpaired) electrons. The molecule has 2 amide bonds. The summed E-state index contributed by atoms with van der Waals surface area (Å²) in [7, 11) is -4.26. The molecule has 0 bridgehead atoms. The third-order valence-corrected chi connectivity index (χ3v) is 9.89. The lowest BCUT2D eigenvalue weighted by atomic mass is 10.1. The number of rotatable bonds is 15. The number of thioether (sulfide) groups is 1. The molecule has 3 aromatic rings. The number of halogens is 2. The minimum Gasteiger partial charge on any atom is -0.492 e. The minimum atomic E-state index is -4.26. The van der Waals surface area contributed by atoms with Crippen LogP contribution in [0.5, 0.6) is 5.75 Å². The Hall–Kier alpha value is -2.92. The second kappa shape index (κ2) is 16.4. The first-order valence-corrected chi connectivity index (χ1v) is 17.7. The number of hydrogen-bond acceptors (Lipinski definition) is 6. The number of carbonyl (C=O) groups excluding carboxylic acids is 2. The summed E-state index contributed by atoms with van der Waals surface area (Å²) < 4.78 is 35.3. The van der Waals surface area contributed by atoms with Crippen LogP contribution in [-0.2, 0) is 26.2 Å². The molecule has 3 rings (SSSR count). The minimum absolute atomic E-state index is 0.0171. The highest BCUT2D eigenvalue weighted by Gasteiger charge is 2.35. The number of carbonyl (C=O) groups is 2. The standard InChI is InChI=1S/C32H39Cl2N3O5S2/c1-6-28(32(39)35-19-22(3)4)36(20-23-12-13-24(33)18-27(23)34)31(38)21-37(29-10-8-9-11-30(29)42-7-2)44(40,41)26-16-14-25(43-5)15-17-26/h8-18,22,28H,6-7,19-21H2,1-5H3,(H,35,39)/t28-/m1/s1. The molecule has 8 nitrogen and oxygen atoms in total. The van der Waals surface area contributed by atoms with Gasteiger partial charge in [0.1, 0.15) is 18.3 Å². The monoisotopic (exact) mass is 679 g/mol. The molecule has 3 aromatic carbocycles. The molecule has 0 saturated carbocycles. The van der Waals surface area contributed by atoms with E-state index in [1.165, 1.54) is 28.8 Å². The van der Waals surface area contributed by atoms with E-state index in [1.54, 1.807) is 68.4 Å². The maximum absolute atomic E-state index is 14.3. The van der Waals surface area contributed by atoms with Crippen LogP contribution in [0, 0.1) is 5.92 Å². The number of nitrogens with one attached hydrogen (secondary N) is 1. The van der Waals surface area contributed by atoms with E-state index in [2.05, 4.69) is 5.32 Å². The van der Waals surface area contributed by atoms with Crippen molar-refractivity contribution < 1.29 is 22.7 Å². The van der Waals surface area contributed by atoms with E-state index in [0.29, 0.717) is 34.3 Å². The molecule has 0 aliphatic rings. The summed E-state index contributed by atoms with van der Waals surface area (Å²) >= 11 is 14.1. The van der Waals surface area contributed by atoms with Gasteiger partial charge in [0.15, 0.2) is 0 Å². The SMILES string of the molecule is CCOc1ccccc1N(CC(=O)N(Cc1ccc(Cl)cc1Cl)[C@H](CC)C(=O)NCC(C)C)S(=O)(=O)c1ccc(SC)cc1. The summed E-state index contributed by atoms with van der Waals surface area (Å²) in [5.41, 5.74) is 0.773. The normalized spacial score (nSPS) is 12.1. The molecule has 1 N–H and O–H groups in total. The summed E-state index contributed by atoms with van der Waals surface area (Å²) in [6.45, 7) is 7.63. The van der Waals surface area contributed by atoms with E-state index in [0.717, 1.165) is 9.20 Å². The number of amides is 2. The van der Waals surface area contributed by atoms with Crippen molar-refractivity contribution in [3.63, 3.8) is 0 Å². The molecular formula is C32H39Cl2N3O5S2. The third kappa shape index (κ3) is 9.06. The number of sulfonamides is 1. The van der Waals surface area contributed by atoms with Crippen LogP contribution >= 0.6 is 35.0 Å². The Bertz CT molecular complexity index is 1540. The fourth-order valence-corrected chi connectivity index (χ4v) is 6.81. The predicted molar refractivity (Wildman–Crippen MR) is 179 cm³/mol. The van der Waals surface area contributed by atoms with Gasteiger partial charge < -0.3 is 15.0 Å². The van der Waals surface area contributed by atoms with Gasteiger partial charge in [-0.3, -0.25) is 13.9 Å². The Morgan fingerprint density at radius 2 is 1.68 bits per heavy atom. The first-order valence-electron chi connectivity index (χ1n) is 14.3. The molecular weight excluding hydrogens is 641 g/mol. The average Bonchev–Trinajstić information content (AvgIpc) is 3.00. The maximum Gasteiger partial charge on any atom is 0.264 e. The molecule has 1 atom stereocenters. The van der Waals surface area contributed by atoms with Crippen LogP contribution in [0.2, 0.25) is 10.0 Å². The van der Waals surface area contributed by atoms with Crippen LogP contribution in [0.15, 0.2) is 76.5 Å². The Kier molecular flexibility index (Phi) is 13.3. The van der Waals surface area contributed by atoms with Crippen LogP contribution in [0.4, 0.5) is 5.69 Å². The summed E-state index contributed by atoms with van der Waals surface area (Å²) in [6.07, 6.45) is 2.19. The smallest absolute Gasteiger partial charge is 0.264 e. The van der Waals surface area contributed by atoms with Crippen molar-refractivity contribution in [1.82, 2.24) is 10.2 Å². The van der Waals surface area contributed by atoms with E-state index < -0.39 is 28.5 Å². The van der Waals surface area contributed by atoms with E-state index in [1.807, 2.05) is 20.1 Å². The Morgan fingerprint density at radius 3 is 2.27 bits per heavy atom. The highest BCUT2D eigenvalue weighted by Crippen LogP contribution is 2.33. The molecule has 44 heavy (non-hydrogen) atoms. The number of benzene rings is 3. The highest BCUT2D eigenvalue weighted by atomic mass is 35.5. The van der Waals surface area contributed by atoms with E-state index in [4.69, 9.17) is 27.9 Å². The van der Waals surface area contributed by atoms with Gasteiger partial charge in [-0.05, 0) is 79.6 Å². The van der Waals surface area contributed by atoms with Gasteiger partial charge in [-0.25, -0.2) is 8.42 Å². The first kappa shape index (κ1) is 35.6. The third-order valence-electron chi connectivity index (χ3n) is 6.79. The lowest BCUT2D eigenvalue weighted by Gasteiger charge is -2.34. The van der Waals surface area contributed by atoms with Gasteiger partial charge in [0.05, 0.1) is 17.2 Å². The summed E-state index contributed by atoms with van der Waals surface area (Å²) in [6, 6.07) is 17.1. The average molecular weight is 681 g/mol. The Labute approximate surface area is 275 Å². The largest absolute Gasteiger partial charge is 0.492 e. The van der Waals surface area contributed by atoms with Gasteiger partial charge in [0, 0.05) is 28.0 Å². The molecule has 0 aromatic heterocycles. The molecule has 0 aliphatic heterocycles. The molecule has 0 fully saturated rings. The lowest BCUT2D eigenvalue weighted by molar-refractivity contribution is -0.140. The summed E-state index contributed by atoms with van der Waals surface area (Å²) in [4.78, 5) is 30.0. The molecule has 12 heteroatoms. The van der Waals surface area contributed by atoms with Crippen molar-refractivity contribution >= 4 is 62.5 Å². The molecule has 0 unspecified atom stereocenters. The van der Waals surface area contributed by atoms with Crippen molar-refractivity contribution in [2.24, 2.45) is 5.92 Å². The zero-order valence-corrected chi connectivity index (χ0v) is 28.7. The fourth-order valence-electron chi connectivity index (χ4n) is 4.50. The van der Waals surface area contributed by atoms with E-state index in [9.17, 15) is 18.0 Å². The summed E-state index contributed by atoms with van der Waals surface area (Å²) in [5.74, 6) is -0.421. The number of para-hydroxylation sites is 2. The van der Waals surface area contributed by atoms with Crippen LogP contribution in [0.1, 0.15) is 39.7 Å². The van der Waals surface area contributed by atoms with Gasteiger partial charge in [0.25, 0.3) is 10.0 Å². The summed E-state index contributed by atoms with van der Waals surface area (Å²) in [5, 5.41) is 3.67. The van der Waals surface area contributed by atoms with Crippen molar-refractivity contribution in [1.29, 1.82) is 0 Å². The van der Waals surface area contributed by atoms with Gasteiger partial charge in [-0.15, -0.1) is 11.8 Å². The topological polar surface area (TPSA) is 96.0 Å². The van der Waals surface area contributed by atoms with Crippen molar-refractivity contribution in [3.8, 4) is 5.75 Å². The van der Waals surface area contributed by atoms with Crippen LogP contribution in [0.25, 0.3) is 0 Å². The van der Waals surface area contributed by atoms with Gasteiger partial charge in [0.2, 0.25) is 11.8 Å². The number of ether oxygens (including phenoxy) is 1. The second-order valence-electron chi connectivity index (χ2n) is 10.4.